The van der Waals surface area contributed by atoms with Gasteiger partial charge in [0.1, 0.15) is 29.6 Å². The molecule has 0 amide bonds. The van der Waals surface area contributed by atoms with Crippen molar-refractivity contribution >= 4 is 43.6 Å². The van der Waals surface area contributed by atoms with E-state index in [1.54, 1.807) is 48.7 Å². The van der Waals surface area contributed by atoms with Crippen molar-refractivity contribution in [1.29, 1.82) is 5.26 Å². The van der Waals surface area contributed by atoms with Crippen molar-refractivity contribution in [2.75, 3.05) is 11.4 Å². The van der Waals surface area contributed by atoms with Gasteiger partial charge in [0.2, 0.25) is 0 Å². The lowest BCUT2D eigenvalue weighted by molar-refractivity contribution is 0.275. The van der Waals surface area contributed by atoms with Crippen LogP contribution in [0.25, 0.3) is 16.6 Å². The maximum Gasteiger partial charge on any atom is 0.255 e. The summed E-state index contributed by atoms with van der Waals surface area (Å²) in [6.45, 7) is 5.80. The molecule has 0 aliphatic rings. The summed E-state index contributed by atoms with van der Waals surface area (Å²) >= 11 is 3.14. The van der Waals surface area contributed by atoms with E-state index in [1.165, 1.54) is 23.0 Å². The Morgan fingerprint density at radius 2 is 1.86 bits per heavy atom. The topological polar surface area (TPSA) is 111 Å². The van der Waals surface area contributed by atoms with Crippen LogP contribution in [0.3, 0.4) is 0 Å². The maximum absolute atomic E-state index is 14.7. The summed E-state index contributed by atoms with van der Waals surface area (Å²) in [7, 11) is -0.143. The first kappa shape index (κ1) is 31.5. The van der Waals surface area contributed by atoms with Gasteiger partial charge in [-0.25, -0.2) is 8.60 Å². The monoisotopic (exact) mass is 666 g/mol. The fourth-order valence-electron chi connectivity index (χ4n) is 4.17. The fourth-order valence-corrected chi connectivity index (χ4v) is 5.69. The molecule has 5 aromatic rings. The number of ether oxygens (including phenoxy) is 2. The van der Waals surface area contributed by atoms with E-state index in [0.717, 1.165) is 11.6 Å². The molecule has 2 unspecified atom stereocenters. The molecule has 0 bridgehead atoms. The van der Waals surface area contributed by atoms with Gasteiger partial charge in [0.25, 0.3) is 5.56 Å². The van der Waals surface area contributed by atoms with Crippen molar-refractivity contribution in [1.82, 2.24) is 9.72 Å². The van der Waals surface area contributed by atoms with Crippen LogP contribution in [0.5, 0.6) is 11.5 Å². The Balaban J connectivity index is 0.00000207. The molecule has 2 atom stereocenters. The summed E-state index contributed by atoms with van der Waals surface area (Å²) in [5.41, 5.74) is 0.984. The number of fused-ring (bicyclic) bond motifs is 1. The zero-order valence-electron chi connectivity index (χ0n) is 23.8. The molecule has 3 aromatic carbocycles. The van der Waals surface area contributed by atoms with Gasteiger partial charge in [-0.2, -0.15) is 5.26 Å². The van der Waals surface area contributed by atoms with Crippen molar-refractivity contribution in [2.45, 2.75) is 38.3 Å². The third-order valence-electron chi connectivity index (χ3n) is 6.16. The Hall–Kier alpha value is -4.47. The van der Waals surface area contributed by atoms with E-state index in [4.69, 9.17) is 14.0 Å². The van der Waals surface area contributed by atoms with Crippen LogP contribution in [0.1, 0.15) is 26.3 Å². The Morgan fingerprint density at radius 3 is 2.51 bits per heavy atom. The van der Waals surface area contributed by atoms with Crippen LogP contribution in [0.4, 0.5) is 10.2 Å². The van der Waals surface area contributed by atoms with E-state index < -0.39 is 28.5 Å². The van der Waals surface area contributed by atoms with Crippen molar-refractivity contribution in [3.63, 3.8) is 0 Å². The third-order valence-corrected chi connectivity index (χ3v) is 8.14. The van der Waals surface area contributed by atoms with Gasteiger partial charge in [-0.3, -0.25) is 13.7 Å². The molecule has 5 rings (SSSR count). The molecular weight excluding hydrogens is 639 g/mol. The van der Waals surface area contributed by atoms with Gasteiger partial charge < -0.3 is 14.0 Å². The normalized spacial score (nSPS) is 12.0. The second kappa shape index (κ2) is 14.1. The molecule has 2 aromatic heterocycles. The highest BCUT2D eigenvalue weighted by molar-refractivity contribution is 9.10. The molecule has 0 saturated heterocycles. The number of methoxy groups -OCH3 is 1. The van der Waals surface area contributed by atoms with Crippen molar-refractivity contribution < 1.29 is 22.6 Å². The fraction of sp³-hybridized carbons (Fsp3) is 0.194. The minimum Gasteiger partial charge on any atom is -0.497 e. The first-order valence-electron chi connectivity index (χ1n) is 13.2. The first-order valence-corrected chi connectivity index (χ1v) is 15.1. The van der Waals surface area contributed by atoms with Crippen LogP contribution in [0.15, 0.2) is 97.7 Å². The summed E-state index contributed by atoms with van der Waals surface area (Å²) in [6, 6.07) is 21.4. The molecule has 0 aliphatic carbocycles. The number of nitrogens with zero attached hydrogens (tertiary/aromatic N) is 4. The minimum absolute atomic E-state index is 0.122. The van der Waals surface area contributed by atoms with Crippen molar-refractivity contribution in [2.24, 2.45) is 0 Å². The highest BCUT2D eigenvalue weighted by Crippen LogP contribution is 2.32. The number of rotatable bonds is 9. The average molecular weight is 668 g/mol. The van der Waals surface area contributed by atoms with E-state index in [9.17, 15) is 18.7 Å². The molecule has 43 heavy (non-hydrogen) atoms. The van der Waals surface area contributed by atoms with Gasteiger partial charge in [-0.05, 0) is 70.9 Å². The molecule has 9 nitrogen and oxygen atoms in total. The van der Waals surface area contributed by atoms with Gasteiger partial charge in [-0.1, -0.05) is 31.1 Å². The van der Waals surface area contributed by atoms with E-state index in [2.05, 4.69) is 21.1 Å². The summed E-state index contributed by atoms with van der Waals surface area (Å²) in [5.74, 6) is 0.610. The number of benzene rings is 3. The van der Waals surface area contributed by atoms with Crippen LogP contribution in [0.2, 0.25) is 0 Å². The summed E-state index contributed by atoms with van der Waals surface area (Å²) in [5, 5.41) is 13.8. The molecule has 2 heterocycles. The van der Waals surface area contributed by atoms with Crippen LogP contribution in [0, 0.1) is 17.1 Å². The average Bonchev–Trinajstić information content (AvgIpc) is 3.57. The van der Waals surface area contributed by atoms with Crippen molar-refractivity contribution in [3.8, 4) is 23.3 Å². The Kier molecular flexibility index (Phi) is 10.3. The third kappa shape index (κ3) is 6.96. The van der Waals surface area contributed by atoms with E-state index in [0.29, 0.717) is 27.4 Å². The lowest BCUT2D eigenvalue weighted by Crippen LogP contribution is -2.26. The number of hydrogen-bond donors (Lipinski definition) is 0. The zero-order chi connectivity index (χ0) is 31.1. The highest BCUT2D eigenvalue weighted by atomic mass is 79.9. The Bertz CT molecular complexity index is 1840. The van der Waals surface area contributed by atoms with Gasteiger partial charge in [0.15, 0.2) is 22.9 Å². The van der Waals surface area contributed by atoms with Crippen LogP contribution in [-0.4, -0.2) is 27.1 Å². The van der Waals surface area contributed by atoms with Gasteiger partial charge in [0.05, 0.1) is 34.2 Å². The number of pyridine rings is 1. The molecule has 0 radical (unpaired) electrons. The Morgan fingerprint density at radius 1 is 1.12 bits per heavy atom. The first-order chi connectivity index (χ1) is 20.8. The number of halogens is 2. The second-order valence-electron chi connectivity index (χ2n) is 8.84. The number of anilines is 1. The largest absolute Gasteiger partial charge is 0.497 e. The van der Waals surface area contributed by atoms with Gasteiger partial charge >= 0.3 is 0 Å². The zero-order valence-corrected chi connectivity index (χ0v) is 26.2. The highest BCUT2D eigenvalue weighted by Gasteiger charge is 2.22. The molecule has 0 aliphatic heterocycles. The number of hydrogen-bond acceptors (Lipinski definition) is 7. The smallest absolute Gasteiger partial charge is 0.255 e. The summed E-state index contributed by atoms with van der Waals surface area (Å²) in [6.07, 6.45) is 0.551. The molecule has 0 N–H and O–H groups in total. The van der Waals surface area contributed by atoms with Gasteiger partial charge in [0, 0.05) is 23.6 Å². The van der Waals surface area contributed by atoms with Gasteiger partial charge in [-0.15, -0.1) is 0 Å². The molecule has 0 fully saturated rings. The standard InChI is InChI=1S/C29H22BrFN4O5S.C2H6/c1-18(16-32)40-27-14-23(30)24(31)15-26(27)35-25-9-8-22(13-20(25)5-10-29(35)36)41(37)34(28-11-12-39-33-28)17-19-3-6-21(38-2)7-4-19;1-2/h3-15,18H,17H2,1-2H3;1-2H3. The van der Waals surface area contributed by atoms with Crippen LogP contribution >= 0.6 is 15.9 Å². The quantitative estimate of drug-likeness (QED) is 0.168. The van der Waals surface area contributed by atoms with Crippen LogP contribution in [-0.2, 0) is 17.5 Å². The summed E-state index contributed by atoms with van der Waals surface area (Å²) < 4.78 is 47.5. The van der Waals surface area contributed by atoms with E-state index >= 15 is 0 Å². The molecule has 0 spiro atoms. The molecule has 222 valence electrons. The molecular formula is C31H28BrFN4O5S. The number of aromatic nitrogens is 2. The maximum atomic E-state index is 14.7. The second-order valence-corrected chi connectivity index (χ2v) is 11.1. The minimum atomic E-state index is -1.73. The lowest BCUT2D eigenvalue weighted by Gasteiger charge is -2.21. The lowest BCUT2D eigenvalue weighted by atomic mass is 10.2. The predicted molar refractivity (Wildman–Crippen MR) is 166 cm³/mol. The van der Waals surface area contributed by atoms with Crippen molar-refractivity contribution in [3.05, 3.63) is 105 Å². The SMILES string of the molecule is CC.COc1ccc(CN(c2ccon2)S(=O)c2ccc3c(ccc(=O)n3-c3cc(F)c(Br)cc3OC(C)C#N)c2)cc1. The Labute approximate surface area is 258 Å². The molecule has 12 heteroatoms. The number of nitriles is 1. The van der Waals surface area contributed by atoms with E-state index in [-0.39, 0.29) is 22.5 Å². The predicted octanol–water partition coefficient (Wildman–Crippen LogP) is 6.94. The van der Waals surface area contributed by atoms with E-state index in [1.807, 2.05) is 44.2 Å². The molecule has 0 saturated carbocycles. The van der Waals surface area contributed by atoms with Crippen LogP contribution < -0.4 is 19.3 Å². The summed E-state index contributed by atoms with van der Waals surface area (Å²) in [4.78, 5) is 13.5.